The van der Waals surface area contributed by atoms with Gasteiger partial charge in [0.25, 0.3) is 0 Å². The van der Waals surface area contributed by atoms with Gasteiger partial charge < -0.3 is 0 Å². The highest BCUT2D eigenvalue weighted by Crippen LogP contribution is 2.31. The molecule has 0 amide bonds. The molecular formula is C13H10N2O. The van der Waals surface area contributed by atoms with Gasteiger partial charge in [-0.25, -0.2) is 4.79 Å². The van der Waals surface area contributed by atoms with E-state index < -0.39 is 0 Å². The second kappa shape index (κ2) is 4.51. The summed E-state index contributed by atoms with van der Waals surface area (Å²) < 4.78 is 0. The Balaban J connectivity index is 2.68. The maximum atomic E-state index is 10.4. The highest BCUT2D eigenvalue weighted by atomic mass is 16.1. The molecule has 0 bridgehead atoms. The highest BCUT2D eigenvalue weighted by Gasteiger charge is 2.07. The first kappa shape index (κ1) is 10.3. The zero-order chi connectivity index (χ0) is 11.4. The van der Waals surface area contributed by atoms with Gasteiger partial charge in [0.1, 0.15) is 0 Å². The van der Waals surface area contributed by atoms with Crippen molar-refractivity contribution in [2.75, 3.05) is 0 Å². The fourth-order valence-corrected chi connectivity index (χ4v) is 1.64. The molecule has 1 heterocycles. The maximum Gasteiger partial charge on any atom is 0.240 e. The molecule has 0 N–H and O–H groups in total. The van der Waals surface area contributed by atoms with Crippen LogP contribution in [0.25, 0.3) is 11.3 Å². The SMILES string of the molecule is Cc1cccc(N=C=O)c1-c1ccccn1. The van der Waals surface area contributed by atoms with Crippen LogP contribution < -0.4 is 0 Å². The number of hydrogen-bond acceptors (Lipinski definition) is 3. The van der Waals surface area contributed by atoms with Crippen molar-refractivity contribution < 1.29 is 4.79 Å². The van der Waals surface area contributed by atoms with Crippen molar-refractivity contribution in [1.29, 1.82) is 0 Å². The number of rotatable bonds is 2. The number of aliphatic imine (C=N–C) groups is 1. The molecule has 0 unspecified atom stereocenters. The lowest BCUT2D eigenvalue weighted by Crippen LogP contribution is -1.86. The molecule has 0 atom stereocenters. The fourth-order valence-electron chi connectivity index (χ4n) is 1.64. The summed E-state index contributed by atoms with van der Waals surface area (Å²) in [5.74, 6) is 0. The van der Waals surface area contributed by atoms with Crippen LogP contribution in [0.15, 0.2) is 47.6 Å². The Labute approximate surface area is 93.5 Å². The third-order valence-electron chi connectivity index (χ3n) is 2.34. The molecule has 78 valence electrons. The Hall–Kier alpha value is -2.25. The van der Waals surface area contributed by atoms with E-state index in [9.17, 15) is 4.79 Å². The smallest absolute Gasteiger partial charge is 0.240 e. The number of hydrogen-bond donors (Lipinski definition) is 0. The monoisotopic (exact) mass is 210 g/mol. The zero-order valence-electron chi connectivity index (χ0n) is 8.84. The summed E-state index contributed by atoms with van der Waals surface area (Å²) in [5, 5.41) is 0. The number of carbonyl (C=O) groups excluding carboxylic acids is 1. The largest absolute Gasteiger partial charge is 0.256 e. The first-order valence-electron chi connectivity index (χ1n) is 4.92. The van der Waals surface area contributed by atoms with Gasteiger partial charge in [-0.2, -0.15) is 4.99 Å². The second-order valence-electron chi connectivity index (χ2n) is 3.39. The van der Waals surface area contributed by atoms with E-state index in [4.69, 9.17) is 0 Å². The summed E-state index contributed by atoms with van der Waals surface area (Å²) in [6, 6.07) is 11.3. The third kappa shape index (κ3) is 1.90. The van der Waals surface area contributed by atoms with Gasteiger partial charge in [0.05, 0.1) is 11.4 Å². The first-order valence-corrected chi connectivity index (χ1v) is 4.92. The molecule has 0 radical (unpaired) electrons. The van der Waals surface area contributed by atoms with Crippen LogP contribution in [0.2, 0.25) is 0 Å². The van der Waals surface area contributed by atoms with E-state index in [2.05, 4.69) is 9.98 Å². The average molecular weight is 210 g/mol. The molecular weight excluding hydrogens is 200 g/mol. The van der Waals surface area contributed by atoms with Crippen molar-refractivity contribution >= 4 is 11.8 Å². The van der Waals surface area contributed by atoms with E-state index >= 15 is 0 Å². The van der Waals surface area contributed by atoms with Crippen molar-refractivity contribution in [3.63, 3.8) is 0 Å². The number of aromatic nitrogens is 1. The third-order valence-corrected chi connectivity index (χ3v) is 2.34. The van der Waals surface area contributed by atoms with Crippen molar-refractivity contribution in [2.24, 2.45) is 4.99 Å². The van der Waals surface area contributed by atoms with Gasteiger partial charge in [-0.3, -0.25) is 4.98 Å². The molecule has 3 heteroatoms. The summed E-state index contributed by atoms with van der Waals surface area (Å²) in [7, 11) is 0. The van der Waals surface area contributed by atoms with Crippen LogP contribution in [0.3, 0.4) is 0 Å². The first-order chi connectivity index (χ1) is 7.83. The number of pyridine rings is 1. The van der Waals surface area contributed by atoms with E-state index in [-0.39, 0.29) is 0 Å². The Morgan fingerprint density at radius 2 is 2.06 bits per heavy atom. The van der Waals surface area contributed by atoms with E-state index in [0.717, 1.165) is 16.8 Å². The molecule has 16 heavy (non-hydrogen) atoms. The molecule has 0 aliphatic carbocycles. The zero-order valence-corrected chi connectivity index (χ0v) is 8.84. The predicted molar refractivity (Wildman–Crippen MR) is 62.2 cm³/mol. The molecule has 1 aromatic heterocycles. The van der Waals surface area contributed by atoms with E-state index in [1.807, 2.05) is 37.3 Å². The van der Waals surface area contributed by atoms with Crippen LogP contribution in [0.5, 0.6) is 0 Å². The summed E-state index contributed by atoms with van der Waals surface area (Å²) in [6.07, 6.45) is 3.29. The van der Waals surface area contributed by atoms with Gasteiger partial charge >= 0.3 is 0 Å². The standard InChI is InChI=1S/C13H10N2O/c1-10-5-4-7-12(15-9-16)13(10)11-6-2-3-8-14-11/h2-8H,1H3. The second-order valence-corrected chi connectivity index (χ2v) is 3.39. The molecule has 0 fully saturated rings. The van der Waals surface area contributed by atoms with E-state index in [1.54, 1.807) is 18.3 Å². The average Bonchev–Trinajstić information content (AvgIpc) is 2.31. The van der Waals surface area contributed by atoms with Crippen LogP contribution in [-0.2, 0) is 4.79 Å². The molecule has 3 nitrogen and oxygen atoms in total. The number of benzene rings is 1. The van der Waals surface area contributed by atoms with Crippen molar-refractivity contribution in [2.45, 2.75) is 6.92 Å². The number of aryl methyl sites for hydroxylation is 1. The molecule has 0 saturated heterocycles. The van der Waals surface area contributed by atoms with E-state index in [0.29, 0.717) is 5.69 Å². The Bertz CT molecular complexity index is 543. The van der Waals surface area contributed by atoms with Gasteiger partial charge in [0.2, 0.25) is 6.08 Å². The minimum absolute atomic E-state index is 0.605. The molecule has 2 rings (SSSR count). The lowest BCUT2D eigenvalue weighted by Gasteiger charge is -2.07. The van der Waals surface area contributed by atoms with Gasteiger partial charge in [0, 0.05) is 11.8 Å². The lowest BCUT2D eigenvalue weighted by atomic mass is 10.0. The quantitative estimate of drug-likeness (QED) is 0.564. The number of nitrogens with zero attached hydrogens (tertiary/aromatic N) is 2. The van der Waals surface area contributed by atoms with E-state index in [1.165, 1.54) is 0 Å². The summed E-state index contributed by atoms with van der Waals surface area (Å²) in [6.45, 7) is 1.97. The summed E-state index contributed by atoms with van der Waals surface area (Å²) in [4.78, 5) is 18.3. The van der Waals surface area contributed by atoms with Crippen LogP contribution in [0.1, 0.15) is 5.56 Å². The minimum Gasteiger partial charge on any atom is -0.256 e. The fraction of sp³-hybridized carbons (Fsp3) is 0.0769. The van der Waals surface area contributed by atoms with Gasteiger partial charge in [-0.05, 0) is 30.7 Å². The molecule has 0 spiro atoms. The van der Waals surface area contributed by atoms with Gasteiger partial charge in [-0.1, -0.05) is 18.2 Å². The van der Waals surface area contributed by atoms with Crippen LogP contribution in [-0.4, -0.2) is 11.1 Å². The van der Waals surface area contributed by atoms with Gasteiger partial charge in [0.15, 0.2) is 0 Å². The predicted octanol–water partition coefficient (Wildman–Crippen LogP) is 3.02. The van der Waals surface area contributed by atoms with Crippen LogP contribution >= 0.6 is 0 Å². The lowest BCUT2D eigenvalue weighted by molar-refractivity contribution is 0.565. The molecule has 1 aromatic carbocycles. The normalized spacial score (nSPS) is 9.56. The summed E-state index contributed by atoms with van der Waals surface area (Å²) >= 11 is 0. The van der Waals surface area contributed by atoms with Crippen LogP contribution in [0.4, 0.5) is 5.69 Å². The Kier molecular flexibility index (Phi) is 2.90. The van der Waals surface area contributed by atoms with Crippen molar-refractivity contribution in [3.8, 4) is 11.3 Å². The number of isocyanates is 1. The maximum absolute atomic E-state index is 10.4. The van der Waals surface area contributed by atoms with Crippen LogP contribution in [0, 0.1) is 6.92 Å². The van der Waals surface area contributed by atoms with Crippen molar-refractivity contribution in [3.05, 3.63) is 48.2 Å². The van der Waals surface area contributed by atoms with Crippen molar-refractivity contribution in [1.82, 2.24) is 4.98 Å². The molecule has 0 aliphatic rings. The summed E-state index contributed by atoms with van der Waals surface area (Å²) in [5.41, 5.74) is 3.34. The molecule has 0 aliphatic heterocycles. The Morgan fingerprint density at radius 1 is 1.19 bits per heavy atom. The van der Waals surface area contributed by atoms with Gasteiger partial charge in [-0.15, -0.1) is 0 Å². The molecule has 0 saturated carbocycles. The minimum atomic E-state index is 0.605. The topological polar surface area (TPSA) is 42.3 Å². The highest BCUT2D eigenvalue weighted by molar-refractivity contribution is 5.77. The Morgan fingerprint density at radius 3 is 2.75 bits per heavy atom. The molecule has 2 aromatic rings.